The van der Waals surface area contributed by atoms with Gasteiger partial charge in [-0.05, 0) is 38.8 Å². The Morgan fingerprint density at radius 2 is 2.32 bits per heavy atom. The number of amides is 1. The second-order valence-corrected chi connectivity index (χ2v) is 5.16. The van der Waals surface area contributed by atoms with Crippen LogP contribution in [0.15, 0.2) is 12.1 Å². The summed E-state index contributed by atoms with van der Waals surface area (Å²) in [4.78, 5) is 13.9. The topological polar surface area (TPSA) is 78.4 Å². The maximum Gasteiger partial charge on any atom is 0.274 e. The van der Waals surface area contributed by atoms with Crippen LogP contribution >= 0.6 is 0 Å². The third kappa shape index (κ3) is 3.41. The molecule has 0 spiro atoms. The van der Waals surface area contributed by atoms with E-state index in [0.717, 1.165) is 19.4 Å². The summed E-state index contributed by atoms with van der Waals surface area (Å²) in [6.45, 7) is 5.49. The summed E-state index contributed by atoms with van der Waals surface area (Å²) in [7, 11) is 0. The molecule has 6 heteroatoms. The van der Waals surface area contributed by atoms with E-state index in [1.165, 1.54) is 0 Å². The van der Waals surface area contributed by atoms with Gasteiger partial charge in [0.05, 0.1) is 5.60 Å². The molecule has 2 rings (SSSR count). The molecule has 2 heterocycles. The molecule has 1 fully saturated rings. The molecule has 1 saturated heterocycles. The molecule has 2 N–H and O–H groups in total. The Bertz CT molecular complexity index is 444. The number of aromatic nitrogens is 2. The zero-order valence-electron chi connectivity index (χ0n) is 11.4. The molecule has 1 aromatic heterocycles. The predicted molar refractivity (Wildman–Crippen MR) is 72.0 cm³/mol. The fourth-order valence-corrected chi connectivity index (χ4v) is 2.28. The lowest BCUT2D eigenvalue weighted by Crippen LogP contribution is -2.48. The largest absolute Gasteiger partial charge is 0.388 e. The van der Waals surface area contributed by atoms with Crippen LogP contribution in [0.2, 0.25) is 0 Å². The molecule has 0 saturated carbocycles. The Morgan fingerprint density at radius 1 is 1.53 bits per heavy atom. The van der Waals surface area contributed by atoms with E-state index in [1.54, 1.807) is 24.0 Å². The number of nitrogens with zero attached hydrogens (tertiary/aromatic N) is 3. The molecule has 1 atom stereocenters. The van der Waals surface area contributed by atoms with Crippen molar-refractivity contribution in [3.8, 4) is 0 Å². The summed E-state index contributed by atoms with van der Waals surface area (Å²) < 4.78 is 0. The van der Waals surface area contributed by atoms with Crippen molar-refractivity contribution in [2.75, 3.05) is 25.0 Å². The lowest BCUT2D eigenvalue weighted by Gasteiger charge is -2.36. The fourth-order valence-electron chi connectivity index (χ4n) is 2.28. The van der Waals surface area contributed by atoms with Gasteiger partial charge >= 0.3 is 0 Å². The molecule has 0 radical (unpaired) electrons. The highest BCUT2D eigenvalue weighted by molar-refractivity contribution is 5.92. The first-order chi connectivity index (χ1) is 9.02. The van der Waals surface area contributed by atoms with E-state index in [1.807, 2.05) is 6.92 Å². The summed E-state index contributed by atoms with van der Waals surface area (Å²) in [5.41, 5.74) is -0.482. The molecule has 1 aromatic rings. The van der Waals surface area contributed by atoms with E-state index in [-0.39, 0.29) is 5.91 Å². The number of aliphatic hydroxyl groups is 1. The minimum Gasteiger partial charge on any atom is -0.388 e. The number of hydrogen-bond acceptors (Lipinski definition) is 5. The van der Waals surface area contributed by atoms with E-state index in [4.69, 9.17) is 0 Å². The Balaban J connectivity index is 2.06. The summed E-state index contributed by atoms with van der Waals surface area (Å²) in [5, 5.41) is 20.9. The highest BCUT2D eigenvalue weighted by Gasteiger charge is 2.31. The average Bonchev–Trinajstić information content (AvgIpc) is 2.38. The van der Waals surface area contributed by atoms with Crippen LogP contribution in [0.1, 0.15) is 37.2 Å². The number of hydrogen-bond donors (Lipinski definition) is 2. The molecule has 1 amide bonds. The van der Waals surface area contributed by atoms with Crippen molar-refractivity contribution in [3.63, 3.8) is 0 Å². The van der Waals surface area contributed by atoms with Gasteiger partial charge in [0.15, 0.2) is 5.69 Å². The van der Waals surface area contributed by atoms with Crippen molar-refractivity contribution in [3.05, 3.63) is 17.8 Å². The van der Waals surface area contributed by atoms with Crippen LogP contribution in [-0.2, 0) is 0 Å². The third-order valence-corrected chi connectivity index (χ3v) is 3.20. The van der Waals surface area contributed by atoms with Crippen molar-refractivity contribution in [1.29, 1.82) is 0 Å². The van der Waals surface area contributed by atoms with E-state index < -0.39 is 5.60 Å². The van der Waals surface area contributed by atoms with Crippen LogP contribution in [0, 0.1) is 0 Å². The molecule has 104 valence electrons. The van der Waals surface area contributed by atoms with Gasteiger partial charge in [-0.15, -0.1) is 10.2 Å². The second-order valence-electron chi connectivity index (χ2n) is 5.16. The van der Waals surface area contributed by atoms with Crippen molar-refractivity contribution < 1.29 is 9.90 Å². The lowest BCUT2D eigenvalue weighted by molar-refractivity contribution is -0.0109. The van der Waals surface area contributed by atoms with Gasteiger partial charge in [0, 0.05) is 19.6 Å². The molecule has 1 aliphatic heterocycles. The van der Waals surface area contributed by atoms with Gasteiger partial charge in [0.1, 0.15) is 5.82 Å². The van der Waals surface area contributed by atoms with E-state index in [0.29, 0.717) is 24.6 Å². The summed E-state index contributed by atoms with van der Waals surface area (Å²) >= 11 is 0. The monoisotopic (exact) mass is 264 g/mol. The van der Waals surface area contributed by atoms with Crippen molar-refractivity contribution in [2.24, 2.45) is 0 Å². The van der Waals surface area contributed by atoms with Crippen molar-refractivity contribution >= 4 is 11.7 Å². The number of nitrogens with one attached hydrogen (secondary N) is 1. The van der Waals surface area contributed by atoms with Gasteiger partial charge < -0.3 is 15.3 Å². The fraction of sp³-hybridized carbons (Fsp3) is 0.615. The lowest BCUT2D eigenvalue weighted by atomic mass is 9.95. The van der Waals surface area contributed by atoms with Crippen molar-refractivity contribution in [2.45, 2.75) is 32.3 Å². The number of anilines is 1. The quantitative estimate of drug-likeness (QED) is 0.848. The summed E-state index contributed by atoms with van der Waals surface area (Å²) in [6, 6.07) is 3.41. The van der Waals surface area contributed by atoms with Crippen molar-refractivity contribution in [1.82, 2.24) is 15.1 Å². The summed E-state index contributed by atoms with van der Waals surface area (Å²) in [6.07, 6.45) is 1.53. The van der Waals surface area contributed by atoms with Crippen LogP contribution in [0.25, 0.3) is 0 Å². The molecular formula is C13H20N4O2. The van der Waals surface area contributed by atoms with Gasteiger partial charge in [-0.25, -0.2) is 0 Å². The Morgan fingerprint density at radius 3 is 2.89 bits per heavy atom. The number of rotatable bonds is 3. The number of piperidine rings is 1. The SMILES string of the molecule is CCNc1ccc(C(=O)N2CCCC(C)(O)C2)nn1. The number of likely N-dealkylation sites (tertiary alicyclic amines) is 1. The van der Waals surface area contributed by atoms with E-state index >= 15 is 0 Å². The van der Waals surface area contributed by atoms with Crippen LogP contribution in [0.5, 0.6) is 0 Å². The average molecular weight is 264 g/mol. The van der Waals surface area contributed by atoms with Gasteiger partial charge in [0.2, 0.25) is 0 Å². The van der Waals surface area contributed by atoms with Gasteiger partial charge in [-0.2, -0.15) is 0 Å². The minimum atomic E-state index is -0.801. The highest BCUT2D eigenvalue weighted by Crippen LogP contribution is 2.21. The minimum absolute atomic E-state index is 0.171. The van der Waals surface area contributed by atoms with Crippen LogP contribution in [-0.4, -0.2) is 51.3 Å². The van der Waals surface area contributed by atoms with Gasteiger partial charge in [-0.1, -0.05) is 0 Å². The van der Waals surface area contributed by atoms with Crippen LogP contribution in [0.3, 0.4) is 0 Å². The zero-order valence-corrected chi connectivity index (χ0v) is 11.4. The number of β-amino-alcohol motifs (C(OH)–C–C–N with tert-alkyl or cyclic N) is 1. The van der Waals surface area contributed by atoms with Gasteiger partial charge in [-0.3, -0.25) is 4.79 Å². The maximum absolute atomic E-state index is 12.2. The Hall–Kier alpha value is -1.69. The predicted octanol–water partition coefficient (Wildman–Crippen LogP) is 0.895. The third-order valence-electron chi connectivity index (χ3n) is 3.20. The zero-order chi connectivity index (χ0) is 13.9. The molecule has 1 aliphatic rings. The number of carbonyl (C=O) groups excluding carboxylic acids is 1. The Kier molecular flexibility index (Phi) is 3.99. The molecule has 1 unspecified atom stereocenters. The van der Waals surface area contributed by atoms with Crippen LogP contribution < -0.4 is 5.32 Å². The first-order valence-corrected chi connectivity index (χ1v) is 6.61. The molecule has 0 aliphatic carbocycles. The van der Waals surface area contributed by atoms with E-state index in [2.05, 4.69) is 15.5 Å². The summed E-state index contributed by atoms with van der Waals surface area (Å²) in [5.74, 6) is 0.486. The Labute approximate surface area is 112 Å². The molecule has 6 nitrogen and oxygen atoms in total. The first-order valence-electron chi connectivity index (χ1n) is 6.61. The van der Waals surface area contributed by atoms with Gasteiger partial charge in [0.25, 0.3) is 5.91 Å². The molecule has 0 aromatic carbocycles. The second kappa shape index (κ2) is 5.52. The molecular weight excluding hydrogens is 244 g/mol. The molecule has 0 bridgehead atoms. The number of carbonyl (C=O) groups is 1. The van der Waals surface area contributed by atoms with E-state index in [9.17, 15) is 9.90 Å². The maximum atomic E-state index is 12.2. The normalized spacial score (nSPS) is 23.2. The highest BCUT2D eigenvalue weighted by atomic mass is 16.3. The molecule has 19 heavy (non-hydrogen) atoms. The first kappa shape index (κ1) is 13.7. The standard InChI is InChI=1S/C13H20N4O2/c1-3-14-11-6-5-10(15-16-11)12(18)17-8-4-7-13(2,19)9-17/h5-6,19H,3-4,7-9H2,1-2H3,(H,14,16). The van der Waals surface area contributed by atoms with Crippen LogP contribution in [0.4, 0.5) is 5.82 Å². The smallest absolute Gasteiger partial charge is 0.274 e.